The molecule has 21 heavy (non-hydrogen) atoms. The van der Waals surface area contributed by atoms with Crippen molar-refractivity contribution in [3.8, 4) is 5.75 Å². The fraction of sp³-hybridized carbons (Fsp3) is 0.429. The number of methoxy groups -OCH3 is 1. The van der Waals surface area contributed by atoms with E-state index in [1.807, 2.05) is 24.3 Å². The van der Waals surface area contributed by atoms with Crippen molar-refractivity contribution in [3.05, 3.63) is 29.8 Å². The van der Waals surface area contributed by atoms with Crippen LogP contribution in [-0.4, -0.2) is 43.9 Å². The summed E-state index contributed by atoms with van der Waals surface area (Å²) in [5, 5.41) is 13.4. The lowest BCUT2D eigenvalue weighted by Crippen LogP contribution is -2.38. The molecule has 0 fully saturated rings. The number of aliphatic carboxylic acids is 1. The molecule has 0 bridgehead atoms. The number of carboxylic acid groups (broad SMARTS) is 1. The molecule has 1 aromatic rings. The zero-order chi connectivity index (χ0) is 15.5. The maximum atomic E-state index is 11.2. The standard InChI is InChI=1S/C14H20N2O5/c1-20-12-4-2-11(3-5-12)10-21-9-8-16-14(19)15-7-6-13(17)18/h2-5H,6-10H2,1H3,(H,17,18)(H2,15,16,19). The number of carbonyl (C=O) groups is 2. The Morgan fingerprint density at radius 1 is 1.14 bits per heavy atom. The van der Waals surface area contributed by atoms with Crippen LogP contribution in [0.3, 0.4) is 0 Å². The van der Waals surface area contributed by atoms with E-state index in [9.17, 15) is 9.59 Å². The summed E-state index contributed by atoms with van der Waals surface area (Å²) in [5.41, 5.74) is 1.02. The summed E-state index contributed by atoms with van der Waals surface area (Å²) in [6, 6.07) is 7.12. The van der Waals surface area contributed by atoms with Crippen molar-refractivity contribution in [2.24, 2.45) is 0 Å². The van der Waals surface area contributed by atoms with Crippen LogP contribution < -0.4 is 15.4 Å². The molecule has 7 nitrogen and oxygen atoms in total. The highest BCUT2D eigenvalue weighted by Gasteiger charge is 2.01. The molecular weight excluding hydrogens is 276 g/mol. The summed E-state index contributed by atoms with van der Waals surface area (Å²) in [4.78, 5) is 21.5. The van der Waals surface area contributed by atoms with Gasteiger partial charge in [0.25, 0.3) is 0 Å². The van der Waals surface area contributed by atoms with Gasteiger partial charge in [0.05, 0.1) is 26.7 Å². The molecule has 0 spiro atoms. The van der Waals surface area contributed by atoms with E-state index in [4.69, 9.17) is 14.6 Å². The minimum atomic E-state index is -0.946. The van der Waals surface area contributed by atoms with Crippen LogP contribution in [0.4, 0.5) is 4.79 Å². The van der Waals surface area contributed by atoms with E-state index in [-0.39, 0.29) is 13.0 Å². The molecule has 0 aliphatic heterocycles. The van der Waals surface area contributed by atoms with Crippen molar-refractivity contribution < 1.29 is 24.2 Å². The van der Waals surface area contributed by atoms with Gasteiger partial charge in [0, 0.05) is 13.1 Å². The lowest BCUT2D eigenvalue weighted by atomic mass is 10.2. The third-order valence-corrected chi connectivity index (χ3v) is 2.58. The molecule has 0 saturated heterocycles. The van der Waals surface area contributed by atoms with Gasteiger partial charge in [-0.05, 0) is 17.7 Å². The molecule has 7 heteroatoms. The van der Waals surface area contributed by atoms with Gasteiger partial charge in [0.1, 0.15) is 5.75 Å². The van der Waals surface area contributed by atoms with Gasteiger partial charge in [0.2, 0.25) is 0 Å². The zero-order valence-corrected chi connectivity index (χ0v) is 11.9. The number of nitrogens with one attached hydrogen (secondary N) is 2. The Bertz CT molecular complexity index is 447. The second kappa shape index (κ2) is 9.60. The summed E-state index contributed by atoms with van der Waals surface area (Å²) in [5.74, 6) is -0.156. The van der Waals surface area contributed by atoms with E-state index in [0.717, 1.165) is 11.3 Å². The lowest BCUT2D eigenvalue weighted by molar-refractivity contribution is -0.136. The number of ether oxygens (including phenoxy) is 2. The van der Waals surface area contributed by atoms with E-state index in [0.29, 0.717) is 19.8 Å². The molecule has 1 rings (SSSR count). The van der Waals surface area contributed by atoms with E-state index in [2.05, 4.69) is 10.6 Å². The molecule has 0 unspecified atom stereocenters. The molecule has 0 atom stereocenters. The number of carboxylic acids is 1. The Kier molecular flexibility index (Phi) is 7.67. The topological polar surface area (TPSA) is 96.9 Å². The molecule has 0 radical (unpaired) electrons. The van der Waals surface area contributed by atoms with E-state index in [1.54, 1.807) is 7.11 Å². The molecular formula is C14H20N2O5. The average molecular weight is 296 g/mol. The number of benzene rings is 1. The maximum Gasteiger partial charge on any atom is 0.314 e. The van der Waals surface area contributed by atoms with Gasteiger partial charge >= 0.3 is 12.0 Å². The molecule has 3 N–H and O–H groups in total. The Morgan fingerprint density at radius 2 is 1.81 bits per heavy atom. The molecule has 0 aromatic heterocycles. The molecule has 116 valence electrons. The predicted molar refractivity (Wildman–Crippen MR) is 76.3 cm³/mol. The Labute approximate surface area is 123 Å². The number of hydrogen-bond acceptors (Lipinski definition) is 4. The summed E-state index contributed by atoms with van der Waals surface area (Å²) >= 11 is 0. The number of carbonyl (C=O) groups excluding carboxylic acids is 1. The van der Waals surface area contributed by atoms with Crippen LogP contribution in [0.2, 0.25) is 0 Å². The first-order valence-electron chi connectivity index (χ1n) is 6.56. The Morgan fingerprint density at radius 3 is 2.43 bits per heavy atom. The minimum Gasteiger partial charge on any atom is -0.497 e. The highest BCUT2D eigenvalue weighted by Crippen LogP contribution is 2.11. The molecule has 0 saturated carbocycles. The van der Waals surface area contributed by atoms with Gasteiger partial charge in [-0.15, -0.1) is 0 Å². The fourth-order valence-corrected chi connectivity index (χ4v) is 1.49. The number of amides is 2. The smallest absolute Gasteiger partial charge is 0.314 e. The van der Waals surface area contributed by atoms with Crippen LogP contribution >= 0.6 is 0 Å². The third-order valence-electron chi connectivity index (χ3n) is 2.58. The molecule has 2 amide bonds. The first-order valence-corrected chi connectivity index (χ1v) is 6.56. The predicted octanol–water partition coefficient (Wildman–Crippen LogP) is 0.986. The van der Waals surface area contributed by atoms with Crippen molar-refractivity contribution >= 4 is 12.0 Å². The maximum absolute atomic E-state index is 11.2. The van der Waals surface area contributed by atoms with Crippen LogP contribution in [0, 0.1) is 0 Å². The van der Waals surface area contributed by atoms with Crippen LogP contribution in [0.25, 0.3) is 0 Å². The van der Waals surface area contributed by atoms with Crippen molar-refractivity contribution in [3.63, 3.8) is 0 Å². The fourth-order valence-electron chi connectivity index (χ4n) is 1.49. The largest absolute Gasteiger partial charge is 0.497 e. The highest BCUT2D eigenvalue weighted by molar-refractivity contribution is 5.74. The van der Waals surface area contributed by atoms with E-state index in [1.165, 1.54) is 0 Å². The Balaban J connectivity index is 2.05. The second-order valence-corrected chi connectivity index (χ2v) is 4.23. The SMILES string of the molecule is COc1ccc(COCCNC(=O)NCCC(=O)O)cc1. The van der Waals surface area contributed by atoms with Gasteiger partial charge in [-0.25, -0.2) is 4.79 Å². The van der Waals surface area contributed by atoms with Crippen molar-refractivity contribution in [2.45, 2.75) is 13.0 Å². The molecule has 0 heterocycles. The average Bonchev–Trinajstić information content (AvgIpc) is 2.47. The summed E-state index contributed by atoms with van der Waals surface area (Å²) in [6.45, 7) is 1.29. The van der Waals surface area contributed by atoms with Gasteiger partial charge in [-0.2, -0.15) is 0 Å². The monoisotopic (exact) mass is 296 g/mol. The zero-order valence-electron chi connectivity index (χ0n) is 11.9. The highest BCUT2D eigenvalue weighted by atomic mass is 16.5. The van der Waals surface area contributed by atoms with Crippen LogP contribution in [0.15, 0.2) is 24.3 Å². The first-order chi connectivity index (χ1) is 10.1. The van der Waals surface area contributed by atoms with Crippen LogP contribution in [0.5, 0.6) is 5.75 Å². The van der Waals surface area contributed by atoms with Crippen LogP contribution in [0.1, 0.15) is 12.0 Å². The van der Waals surface area contributed by atoms with Gasteiger partial charge in [-0.3, -0.25) is 4.79 Å². The van der Waals surface area contributed by atoms with Crippen molar-refractivity contribution in [2.75, 3.05) is 26.8 Å². The normalized spacial score (nSPS) is 9.95. The van der Waals surface area contributed by atoms with E-state index < -0.39 is 12.0 Å². The number of urea groups is 1. The molecule has 0 aliphatic carbocycles. The van der Waals surface area contributed by atoms with Crippen molar-refractivity contribution in [1.29, 1.82) is 0 Å². The molecule has 0 aliphatic rings. The Hall–Kier alpha value is -2.28. The van der Waals surface area contributed by atoms with Crippen molar-refractivity contribution in [1.82, 2.24) is 10.6 Å². The summed E-state index contributed by atoms with van der Waals surface area (Å²) < 4.78 is 10.5. The van der Waals surface area contributed by atoms with E-state index >= 15 is 0 Å². The summed E-state index contributed by atoms with van der Waals surface area (Å²) in [6.07, 6.45) is -0.0958. The molecule has 1 aromatic carbocycles. The first kappa shape index (κ1) is 16.8. The van der Waals surface area contributed by atoms with Gasteiger partial charge in [0.15, 0.2) is 0 Å². The van der Waals surface area contributed by atoms with Crippen LogP contribution in [-0.2, 0) is 16.1 Å². The lowest BCUT2D eigenvalue weighted by Gasteiger charge is -2.08. The second-order valence-electron chi connectivity index (χ2n) is 4.23. The van der Waals surface area contributed by atoms with Gasteiger partial charge < -0.3 is 25.2 Å². The number of rotatable bonds is 9. The quantitative estimate of drug-likeness (QED) is 0.590. The minimum absolute atomic E-state index is 0.0958. The third kappa shape index (κ3) is 7.78. The van der Waals surface area contributed by atoms with Gasteiger partial charge in [-0.1, -0.05) is 12.1 Å². The summed E-state index contributed by atoms with van der Waals surface area (Å²) in [7, 11) is 1.61. The number of hydrogen-bond donors (Lipinski definition) is 3.